The molecule has 1 unspecified atom stereocenters. The molecule has 0 spiro atoms. The Morgan fingerprint density at radius 2 is 1.89 bits per heavy atom. The summed E-state index contributed by atoms with van der Waals surface area (Å²) in [6, 6.07) is 0.309. The highest BCUT2D eigenvalue weighted by atomic mass is 15.4. The third-order valence-corrected chi connectivity index (χ3v) is 4.80. The number of hydrogen-bond donors (Lipinski definition) is 2. The first-order valence-corrected chi connectivity index (χ1v) is 7.67. The number of aromatic nitrogens is 3. The molecule has 1 aromatic heterocycles. The Morgan fingerprint density at radius 1 is 1.21 bits per heavy atom. The first kappa shape index (κ1) is 12.9. The molecule has 2 heterocycles. The Bertz CT molecular complexity index is 400. The zero-order chi connectivity index (χ0) is 13.2. The van der Waals surface area contributed by atoms with Crippen molar-refractivity contribution in [3.05, 3.63) is 5.82 Å². The molecule has 0 bridgehead atoms. The first-order valence-electron chi connectivity index (χ1n) is 7.67. The van der Waals surface area contributed by atoms with Gasteiger partial charge in [0.2, 0.25) is 5.95 Å². The van der Waals surface area contributed by atoms with Gasteiger partial charge in [-0.1, -0.05) is 12.8 Å². The van der Waals surface area contributed by atoms with Gasteiger partial charge in [0.15, 0.2) is 0 Å². The predicted octanol–water partition coefficient (Wildman–Crippen LogP) is 2.03. The fourth-order valence-corrected chi connectivity index (χ4v) is 3.41. The molecule has 2 aliphatic rings. The zero-order valence-corrected chi connectivity index (χ0v) is 11.8. The van der Waals surface area contributed by atoms with Crippen molar-refractivity contribution in [2.75, 3.05) is 18.0 Å². The van der Waals surface area contributed by atoms with Crippen LogP contribution in [0.1, 0.15) is 57.2 Å². The Hall–Kier alpha value is -1.10. The normalized spacial score (nSPS) is 24.0. The Kier molecular flexibility index (Phi) is 3.73. The quantitative estimate of drug-likeness (QED) is 0.875. The molecule has 5 nitrogen and oxygen atoms in total. The number of hydrogen-bond acceptors (Lipinski definition) is 4. The highest BCUT2D eigenvalue weighted by Gasteiger charge is 2.26. The van der Waals surface area contributed by atoms with Crippen LogP contribution in [0.4, 0.5) is 5.95 Å². The second-order valence-corrected chi connectivity index (χ2v) is 6.19. The van der Waals surface area contributed by atoms with E-state index in [9.17, 15) is 0 Å². The molecule has 0 aromatic carbocycles. The van der Waals surface area contributed by atoms with Crippen LogP contribution in [0.3, 0.4) is 0 Å². The lowest BCUT2D eigenvalue weighted by Crippen LogP contribution is -2.40. The van der Waals surface area contributed by atoms with Gasteiger partial charge in [-0.05, 0) is 38.5 Å². The smallest absolute Gasteiger partial charge is 0.244 e. The lowest BCUT2D eigenvalue weighted by atomic mass is 9.91. The molecule has 0 radical (unpaired) electrons. The summed E-state index contributed by atoms with van der Waals surface area (Å²) in [5, 5.41) is 7.56. The van der Waals surface area contributed by atoms with Gasteiger partial charge in [-0.15, -0.1) is 5.10 Å². The molecule has 1 saturated heterocycles. The molecule has 1 aliphatic heterocycles. The molecular formula is C14H25N5. The summed E-state index contributed by atoms with van der Waals surface area (Å²) in [7, 11) is 0. The number of anilines is 1. The maximum Gasteiger partial charge on any atom is 0.244 e. The van der Waals surface area contributed by atoms with E-state index in [2.05, 4.69) is 22.0 Å². The molecule has 19 heavy (non-hydrogen) atoms. The standard InChI is InChI=1S/C14H25N5/c1-10(15)11-6-8-19(9-7-11)14-16-13(17-18-14)12-4-2-3-5-12/h10-12H,2-9,15H2,1H3,(H,16,17,18). The predicted molar refractivity (Wildman–Crippen MR) is 76.2 cm³/mol. The van der Waals surface area contributed by atoms with Crippen molar-refractivity contribution in [1.82, 2.24) is 15.2 Å². The van der Waals surface area contributed by atoms with Gasteiger partial charge in [-0.25, -0.2) is 0 Å². The highest BCUT2D eigenvalue weighted by Crippen LogP contribution is 2.33. The molecule has 1 saturated carbocycles. The average molecular weight is 263 g/mol. The summed E-state index contributed by atoms with van der Waals surface area (Å²) in [5.41, 5.74) is 5.98. The number of rotatable bonds is 3. The Balaban J connectivity index is 1.61. The van der Waals surface area contributed by atoms with Crippen LogP contribution < -0.4 is 10.6 Å². The minimum absolute atomic E-state index is 0.309. The van der Waals surface area contributed by atoms with Crippen molar-refractivity contribution in [3.8, 4) is 0 Å². The third-order valence-electron chi connectivity index (χ3n) is 4.80. The lowest BCUT2D eigenvalue weighted by Gasteiger charge is -2.32. The second kappa shape index (κ2) is 5.49. The molecule has 5 heteroatoms. The number of piperidine rings is 1. The van der Waals surface area contributed by atoms with Crippen molar-refractivity contribution >= 4 is 5.95 Å². The fourth-order valence-electron chi connectivity index (χ4n) is 3.41. The molecular weight excluding hydrogens is 238 g/mol. The van der Waals surface area contributed by atoms with Crippen molar-refractivity contribution < 1.29 is 0 Å². The number of H-pyrrole nitrogens is 1. The average Bonchev–Trinajstić information content (AvgIpc) is 3.10. The number of nitrogens with two attached hydrogens (primary N) is 1. The highest BCUT2D eigenvalue weighted by molar-refractivity contribution is 5.30. The SMILES string of the molecule is CC(N)C1CCN(c2n[nH]c(C3CCCC3)n2)CC1. The molecule has 2 fully saturated rings. The molecule has 0 amide bonds. The molecule has 1 aromatic rings. The zero-order valence-electron chi connectivity index (χ0n) is 11.8. The van der Waals surface area contributed by atoms with Gasteiger partial charge in [-0.2, -0.15) is 4.98 Å². The van der Waals surface area contributed by atoms with Crippen LogP contribution in [0.5, 0.6) is 0 Å². The molecule has 1 aliphatic carbocycles. The first-order chi connectivity index (χ1) is 9.24. The third kappa shape index (κ3) is 2.76. The van der Waals surface area contributed by atoms with Gasteiger partial charge in [0.25, 0.3) is 0 Å². The van der Waals surface area contributed by atoms with Crippen molar-refractivity contribution in [2.24, 2.45) is 11.7 Å². The molecule has 3 rings (SSSR count). The van der Waals surface area contributed by atoms with Crippen LogP contribution in [0, 0.1) is 5.92 Å². The Morgan fingerprint density at radius 3 is 2.53 bits per heavy atom. The Labute approximate surface area is 115 Å². The summed E-state index contributed by atoms with van der Waals surface area (Å²) in [6.45, 7) is 4.19. The van der Waals surface area contributed by atoms with Gasteiger partial charge in [0, 0.05) is 25.0 Å². The van der Waals surface area contributed by atoms with E-state index in [1.807, 2.05) is 0 Å². The van der Waals surface area contributed by atoms with Crippen LogP contribution in [0.25, 0.3) is 0 Å². The minimum atomic E-state index is 0.309. The molecule has 3 N–H and O–H groups in total. The van der Waals surface area contributed by atoms with Crippen LogP contribution in [-0.4, -0.2) is 34.3 Å². The van der Waals surface area contributed by atoms with E-state index >= 15 is 0 Å². The van der Waals surface area contributed by atoms with Gasteiger partial charge >= 0.3 is 0 Å². The van der Waals surface area contributed by atoms with Crippen LogP contribution >= 0.6 is 0 Å². The topological polar surface area (TPSA) is 70.8 Å². The van der Waals surface area contributed by atoms with E-state index in [0.717, 1.165) is 37.7 Å². The summed E-state index contributed by atoms with van der Waals surface area (Å²) in [6.07, 6.45) is 7.51. The van der Waals surface area contributed by atoms with Crippen LogP contribution in [0.2, 0.25) is 0 Å². The van der Waals surface area contributed by atoms with Crippen LogP contribution in [0.15, 0.2) is 0 Å². The van der Waals surface area contributed by atoms with E-state index < -0.39 is 0 Å². The van der Waals surface area contributed by atoms with Crippen molar-refractivity contribution in [1.29, 1.82) is 0 Å². The van der Waals surface area contributed by atoms with E-state index in [1.54, 1.807) is 0 Å². The molecule has 106 valence electrons. The van der Waals surface area contributed by atoms with Gasteiger partial charge < -0.3 is 10.6 Å². The second-order valence-electron chi connectivity index (χ2n) is 6.19. The summed E-state index contributed by atoms with van der Waals surface area (Å²) in [4.78, 5) is 7.01. The largest absolute Gasteiger partial charge is 0.340 e. The fraction of sp³-hybridized carbons (Fsp3) is 0.857. The van der Waals surface area contributed by atoms with E-state index in [-0.39, 0.29) is 0 Å². The minimum Gasteiger partial charge on any atom is -0.340 e. The lowest BCUT2D eigenvalue weighted by molar-refractivity contribution is 0.352. The van der Waals surface area contributed by atoms with E-state index in [0.29, 0.717) is 17.9 Å². The van der Waals surface area contributed by atoms with Gasteiger partial charge in [0.05, 0.1) is 0 Å². The maximum absolute atomic E-state index is 5.98. The van der Waals surface area contributed by atoms with Gasteiger partial charge in [-0.3, -0.25) is 5.10 Å². The number of nitrogens with one attached hydrogen (secondary N) is 1. The summed E-state index contributed by atoms with van der Waals surface area (Å²) < 4.78 is 0. The number of aromatic amines is 1. The van der Waals surface area contributed by atoms with E-state index in [4.69, 9.17) is 10.7 Å². The van der Waals surface area contributed by atoms with Crippen LogP contribution in [-0.2, 0) is 0 Å². The van der Waals surface area contributed by atoms with Crippen molar-refractivity contribution in [3.63, 3.8) is 0 Å². The van der Waals surface area contributed by atoms with E-state index in [1.165, 1.54) is 25.7 Å². The summed E-state index contributed by atoms with van der Waals surface area (Å²) in [5.74, 6) is 3.26. The van der Waals surface area contributed by atoms with Crippen molar-refractivity contribution in [2.45, 2.75) is 57.4 Å². The molecule has 1 atom stereocenters. The van der Waals surface area contributed by atoms with Gasteiger partial charge in [0.1, 0.15) is 5.82 Å². The summed E-state index contributed by atoms with van der Waals surface area (Å²) >= 11 is 0. The maximum atomic E-state index is 5.98. The number of nitrogens with zero attached hydrogens (tertiary/aromatic N) is 3. The monoisotopic (exact) mass is 263 g/mol.